The van der Waals surface area contributed by atoms with Gasteiger partial charge in [-0.2, -0.15) is 0 Å². The number of rotatable bonds is 8. The zero-order chi connectivity index (χ0) is 25.9. The predicted octanol–water partition coefficient (Wildman–Crippen LogP) is 3.77. The molecular formula is C25H23ClFN3O5S. The van der Waals surface area contributed by atoms with Crippen molar-refractivity contribution in [2.45, 2.75) is 18.3 Å². The number of fused-ring (bicyclic) bond motifs is 1. The number of anilines is 2. The molecule has 36 heavy (non-hydrogen) atoms. The molecule has 0 saturated heterocycles. The van der Waals surface area contributed by atoms with Crippen LogP contribution in [0.5, 0.6) is 5.75 Å². The van der Waals surface area contributed by atoms with Gasteiger partial charge in [-0.05, 0) is 48.0 Å². The van der Waals surface area contributed by atoms with E-state index in [0.29, 0.717) is 29.2 Å². The van der Waals surface area contributed by atoms with E-state index >= 15 is 0 Å². The number of carbonyl (C=O) groups is 2. The summed E-state index contributed by atoms with van der Waals surface area (Å²) in [5.41, 5.74) is 1.89. The SMILES string of the molecule is COc1ccc(CNC(=O)c2ccc3c(c2)NC(=O)[C@@H](CS(=O)(=O)Cc2c(F)cccc2Cl)N3)cc1. The number of hydrogen-bond donors (Lipinski definition) is 3. The maximum atomic E-state index is 14.0. The van der Waals surface area contributed by atoms with Crippen molar-refractivity contribution in [3.63, 3.8) is 0 Å². The molecule has 0 radical (unpaired) electrons. The van der Waals surface area contributed by atoms with E-state index in [-0.39, 0.29) is 16.5 Å². The Bertz CT molecular complexity index is 1390. The van der Waals surface area contributed by atoms with E-state index in [9.17, 15) is 22.4 Å². The number of hydrogen-bond acceptors (Lipinski definition) is 6. The third-order valence-electron chi connectivity index (χ3n) is 5.64. The van der Waals surface area contributed by atoms with Crippen LogP contribution >= 0.6 is 11.6 Å². The molecular weight excluding hydrogens is 509 g/mol. The van der Waals surface area contributed by atoms with E-state index in [0.717, 1.165) is 11.6 Å². The van der Waals surface area contributed by atoms with E-state index in [4.69, 9.17) is 16.3 Å². The van der Waals surface area contributed by atoms with E-state index in [1.54, 1.807) is 31.4 Å². The topological polar surface area (TPSA) is 114 Å². The number of sulfone groups is 1. The Labute approximate surface area is 212 Å². The number of methoxy groups -OCH3 is 1. The number of ether oxygens (including phenoxy) is 1. The van der Waals surface area contributed by atoms with Gasteiger partial charge in [-0.15, -0.1) is 0 Å². The van der Waals surface area contributed by atoms with Crippen molar-refractivity contribution in [3.05, 3.63) is 88.2 Å². The van der Waals surface area contributed by atoms with Gasteiger partial charge in [-0.25, -0.2) is 12.8 Å². The van der Waals surface area contributed by atoms with Crippen molar-refractivity contribution < 1.29 is 27.1 Å². The van der Waals surface area contributed by atoms with Crippen molar-refractivity contribution in [2.75, 3.05) is 23.5 Å². The fourth-order valence-corrected chi connectivity index (χ4v) is 5.64. The Morgan fingerprint density at radius 1 is 1.11 bits per heavy atom. The first-order chi connectivity index (χ1) is 17.1. The van der Waals surface area contributed by atoms with Gasteiger partial charge in [0, 0.05) is 22.7 Å². The number of carbonyl (C=O) groups excluding carboxylic acids is 2. The summed E-state index contributed by atoms with van der Waals surface area (Å²) in [5, 5.41) is 8.34. The van der Waals surface area contributed by atoms with E-state index in [1.165, 1.54) is 18.2 Å². The van der Waals surface area contributed by atoms with Crippen LogP contribution in [0.4, 0.5) is 15.8 Å². The first-order valence-corrected chi connectivity index (χ1v) is 13.1. The molecule has 0 spiro atoms. The van der Waals surface area contributed by atoms with Crippen LogP contribution in [0.3, 0.4) is 0 Å². The lowest BCUT2D eigenvalue weighted by atomic mass is 10.1. The first-order valence-electron chi connectivity index (χ1n) is 10.9. The quantitative estimate of drug-likeness (QED) is 0.408. The molecule has 1 aliphatic rings. The van der Waals surface area contributed by atoms with Gasteiger partial charge in [0.1, 0.15) is 17.6 Å². The zero-order valence-corrected chi connectivity index (χ0v) is 20.8. The largest absolute Gasteiger partial charge is 0.497 e. The van der Waals surface area contributed by atoms with Gasteiger partial charge in [-0.1, -0.05) is 29.8 Å². The minimum absolute atomic E-state index is 0.00257. The van der Waals surface area contributed by atoms with Crippen LogP contribution in [0.25, 0.3) is 0 Å². The van der Waals surface area contributed by atoms with Gasteiger partial charge >= 0.3 is 0 Å². The average molecular weight is 532 g/mol. The molecule has 188 valence electrons. The summed E-state index contributed by atoms with van der Waals surface area (Å²) >= 11 is 5.95. The lowest BCUT2D eigenvalue weighted by Crippen LogP contribution is -2.43. The Morgan fingerprint density at radius 2 is 1.86 bits per heavy atom. The molecule has 3 N–H and O–H groups in total. The Morgan fingerprint density at radius 3 is 2.56 bits per heavy atom. The lowest BCUT2D eigenvalue weighted by molar-refractivity contribution is -0.116. The van der Waals surface area contributed by atoms with Gasteiger partial charge in [-0.3, -0.25) is 9.59 Å². The average Bonchev–Trinajstić information content (AvgIpc) is 2.85. The first kappa shape index (κ1) is 25.5. The molecule has 3 aromatic carbocycles. The van der Waals surface area contributed by atoms with Gasteiger partial charge < -0.3 is 20.7 Å². The summed E-state index contributed by atoms with van der Waals surface area (Å²) in [5.74, 6) is -2.13. The Hall–Kier alpha value is -3.63. The summed E-state index contributed by atoms with van der Waals surface area (Å²) in [4.78, 5) is 25.2. The number of amides is 2. The summed E-state index contributed by atoms with van der Waals surface area (Å²) in [6, 6.07) is 14.7. The predicted molar refractivity (Wildman–Crippen MR) is 136 cm³/mol. The summed E-state index contributed by atoms with van der Waals surface area (Å²) in [7, 11) is -2.32. The van der Waals surface area contributed by atoms with E-state index in [1.807, 2.05) is 12.1 Å². The molecule has 11 heteroatoms. The van der Waals surface area contributed by atoms with Crippen LogP contribution in [0.15, 0.2) is 60.7 Å². The second kappa shape index (κ2) is 10.5. The van der Waals surface area contributed by atoms with E-state index < -0.39 is 39.1 Å². The zero-order valence-electron chi connectivity index (χ0n) is 19.2. The third kappa shape index (κ3) is 5.95. The summed E-state index contributed by atoms with van der Waals surface area (Å²) < 4.78 is 44.5. The van der Waals surface area contributed by atoms with Crippen LogP contribution in [0.2, 0.25) is 5.02 Å². The number of nitrogens with one attached hydrogen (secondary N) is 3. The lowest BCUT2D eigenvalue weighted by Gasteiger charge is -2.27. The summed E-state index contributed by atoms with van der Waals surface area (Å²) in [6.07, 6.45) is 0. The summed E-state index contributed by atoms with van der Waals surface area (Å²) in [6.45, 7) is 0.302. The molecule has 0 bridgehead atoms. The molecule has 1 aliphatic heterocycles. The van der Waals surface area contributed by atoms with E-state index in [2.05, 4.69) is 16.0 Å². The fourth-order valence-electron chi connectivity index (χ4n) is 3.74. The van der Waals surface area contributed by atoms with Gasteiger partial charge in [0.15, 0.2) is 9.84 Å². The minimum atomic E-state index is -3.89. The molecule has 0 unspecified atom stereocenters. The highest BCUT2D eigenvalue weighted by molar-refractivity contribution is 7.90. The highest BCUT2D eigenvalue weighted by Crippen LogP contribution is 2.29. The van der Waals surface area contributed by atoms with Crippen LogP contribution in [-0.2, 0) is 26.9 Å². The van der Waals surface area contributed by atoms with Crippen molar-refractivity contribution in [1.29, 1.82) is 0 Å². The number of halogens is 2. The monoisotopic (exact) mass is 531 g/mol. The molecule has 1 atom stereocenters. The molecule has 4 rings (SSSR count). The maximum Gasteiger partial charge on any atom is 0.251 e. The Balaban J connectivity index is 1.41. The smallest absolute Gasteiger partial charge is 0.251 e. The molecule has 0 saturated carbocycles. The van der Waals surface area contributed by atoms with Crippen LogP contribution in [0.1, 0.15) is 21.5 Å². The van der Waals surface area contributed by atoms with Gasteiger partial charge in [0.05, 0.1) is 30.0 Å². The Kier molecular flexibility index (Phi) is 7.46. The van der Waals surface area contributed by atoms with Gasteiger partial charge in [0.2, 0.25) is 5.91 Å². The standard InChI is InChI=1S/C25H23ClFN3O5S/c1-35-17-8-5-15(6-9-17)12-28-24(31)16-7-10-21-22(11-16)30-25(32)23(29-21)14-36(33,34)13-18-19(26)3-2-4-20(18)27/h2-11,23,29H,12-14H2,1H3,(H,28,31)(H,30,32)/t23-/m1/s1. The van der Waals surface area contributed by atoms with Crippen LogP contribution < -0.4 is 20.7 Å². The highest BCUT2D eigenvalue weighted by atomic mass is 35.5. The minimum Gasteiger partial charge on any atom is -0.497 e. The van der Waals surface area contributed by atoms with Crippen molar-refractivity contribution in [1.82, 2.24) is 5.32 Å². The number of benzene rings is 3. The molecule has 1 heterocycles. The molecule has 8 nitrogen and oxygen atoms in total. The van der Waals surface area contributed by atoms with Crippen LogP contribution in [-0.4, -0.2) is 39.1 Å². The van der Waals surface area contributed by atoms with Gasteiger partial charge in [0.25, 0.3) is 5.91 Å². The fraction of sp³-hybridized carbons (Fsp3) is 0.200. The van der Waals surface area contributed by atoms with Crippen LogP contribution in [0, 0.1) is 5.82 Å². The second-order valence-corrected chi connectivity index (χ2v) is 10.7. The normalized spacial score (nSPS) is 14.9. The molecule has 3 aromatic rings. The van der Waals surface area contributed by atoms with Crippen molar-refractivity contribution in [3.8, 4) is 5.75 Å². The molecule has 0 aliphatic carbocycles. The maximum absolute atomic E-state index is 14.0. The highest BCUT2D eigenvalue weighted by Gasteiger charge is 2.31. The molecule has 0 fully saturated rings. The molecule has 0 aromatic heterocycles. The third-order valence-corrected chi connectivity index (χ3v) is 7.57. The second-order valence-electron chi connectivity index (χ2n) is 8.23. The molecule has 2 amide bonds. The van der Waals surface area contributed by atoms with Crippen molar-refractivity contribution in [2.24, 2.45) is 0 Å². The van der Waals surface area contributed by atoms with Crippen molar-refractivity contribution >= 4 is 44.6 Å².